The van der Waals surface area contributed by atoms with E-state index in [1.165, 1.54) is 7.11 Å². The Labute approximate surface area is 163 Å². The number of allylic oxidation sites excluding steroid dienone is 2. The van der Waals surface area contributed by atoms with E-state index < -0.39 is 0 Å². The second-order valence-electron chi connectivity index (χ2n) is 6.39. The molecule has 1 aliphatic carbocycles. The number of ketones is 2. The van der Waals surface area contributed by atoms with Crippen molar-refractivity contribution in [2.45, 2.75) is 0 Å². The van der Waals surface area contributed by atoms with Gasteiger partial charge in [0.2, 0.25) is 0 Å². The number of hydrogen-bond acceptors (Lipinski definition) is 4. The normalized spacial score (nSPS) is 13.4. The van der Waals surface area contributed by atoms with Gasteiger partial charge in [-0.2, -0.15) is 0 Å². The third-order valence-electron chi connectivity index (χ3n) is 4.86. The van der Waals surface area contributed by atoms with Crippen LogP contribution < -0.4 is 9.47 Å². The minimum atomic E-state index is -0.208. The first-order valence-corrected chi connectivity index (χ1v) is 8.86. The number of fused-ring (bicyclic) bond motifs is 1. The van der Waals surface area contributed by atoms with Crippen LogP contribution in [0.5, 0.6) is 11.5 Å². The van der Waals surface area contributed by atoms with Crippen molar-refractivity contribution in [1.29, 1.82) is 0 Å². The highest BCUT2D eigenvalue weighted by atomic mass is 16.5. The maximum atomic E-state index is 13.5. The van der Waals surface area contributed by atoms with Crippen molar-refractivity contribution in [1.82, 2.24) is 0 Å². The van der Waals surface area contributed by atoms with E-state index in [1.54, 1.807) is 49.6 Å². The Hall–Kier alpha value is -3.66. The average Bonchev–Trinajstić information content (AvgIpc) is 2.76. The fraction of sp³-hybridized carbons (Fsp3) is 0.0833. The molecule has 4 rings (SSSR count). The Morgan fingerprint density at radius 3 is 1.82 bits per heavy atom. The first-order valence-electron chi connectivity index (χ1n) is 8.86. The number of carbonyl (C=O) groups is 2. The van der Waals surface area contributed by atoms with Crippen molar-refractivity contribution in [3.05, 3.63) is 95.1 Å². The van der Waals surface area contributed by atoms with Crippen LogP contribution in [0.4, 0.5) is 0 Å². The summed E-state index contributed by atoms with van der Waals surface area (Å²) >= 11 is 0. The fourth-order valence-electron chi connectivity index (χ4n) is 3.52. The van der Waals surface area contributed by atoms with E-state index in [-0.39, 0.29) is 11.6 Å². The topological polar surface area (TPSA) is 52.6 Å². The van der Waals surface area contributed by atoms with E-state index >= 15 is 0 Å². The van der Waals surface area contributed by atoms with E-state index in [2.05, 4.69) is 0 Å². The molecule has 0 radical (unpaired) electrons. The minimum absolute atomic E-state index is 0.179. The molecule has 3 aromatic rings. The van der Waals surface area contributed by atoms with Gasteiger partial charge < -0.3 is 9.47 Å². The molecule has 0 heterocycles. The van der Waals surface area contributed by atoms with Gasteiger partial charge in [0.15, 0.2) is 11.6 Å². The first kappa shape index (κ1) is 17.7. The number of carbonyl (C=O) groups excluding carboxylic acids is 2. The van der Waals surface area contributed by atoms with Crippen LogP contribution in [0.15, 0.2) is 72.8 Å². The van der Waals surface area contributed by atoms with Gasteiger partial charge in [-0.1, -0.05) is 54.6 Å². The average molecular weight is 370 g/mol. The Bertz CT molecular complexity index is 1110. The lowest BCUT2D eigenvalue weighted by Gasteiger charge is -2.23. The van der Waals surface area contributed by atoms with Crippen molar-refractivity contribution in [2.24, 2.45) is 0 Å². The van der Waals surface area contributed by atoms with E-state index in [0.717, 1.165) is 0 Å². The van der Waals surface area contributed by atoms with Gasteiger partial charge in [-0.05, 0) is 23.8 Å². The van der Waals surface area contributed by atoms with Crippen molar-refractivity contribution in [3.63, 3.8) is 0 Å². The molecule has 0 aromatic heterocycles. The van der Waals surface area contributed by atoms with E-state index in [4.69, 9.17) is 9.47 Å². The van der Waals surface area contributed by atoms with Gasteiger partial charge in [-0.25, -0.2) is 0 Å². The lowest BCUT2D eigenvalue weighted by molar-refractivity contribution is 0.101. The molecule has 28 heavy (non-hydrogen) atoms. The molecule has 0 bridgehead atoms. The van der Waals surface area contributed by atoms with Crippen LogP contribution in [0.3, 0.4) is 0 Å². The SMILES string of the molecule is COc1ccc(OC)c(C2=C(c3ccccc3)C(=O)c3ccccc3C2=O)c1. The summed E-state index contributed by atoms with van der Waals surface area (Å²) in [6, 6.07) is 21.4. The summed E-state index contributed by atoms with van der Waals surface area (Å²) in [4.78, 5) is 26.9. The molecule has 4 nitrogen and oxygen atoms in total. The number of methoxy groups -OCH3 is 2. The van der Waals surface area contributed by atoms with E-state index in [0.29, 0.717) is 44.9 Å². The third kappa shape index (κ3) is 2.79. The van der Waals surface area contributed by atoms with Gasteiger partial charge in [-0.3, -0.25) is 9.59 Å². The molecule has 3 aromatic carbocycles. The molecule has 4 heteroatoms. The van der Waals surface area contributed by atoms with Crippen LogP contribution in [0.2, 0.25) is 0 Å². The molecule has 0 saturated heterocycles. The number of benzene rings is 3. The summed E-state index contributed by atoms with van der Waals surface area (Å²) in [5.74, 6) is 0.696. The molecular formula is C24H18O4. The van der Waals surface area contributed by atoms with Crippen LogP contribution in [0.25, 0.3) is 11.1 Å². The van der Waals surface area contributed by atoms with Crippen LogP contribution in [0, 0.1) is 0 Å². The summed E-state index contributed by atoms with van der Waals surface area (Å²) in [5.41, 5.74) is 2.73. The smallest absolute Gasteiger partial charge is 0.195 e. The summed E-state index contributed by atoms with van der Waals surface area (Å²) < 4.78 is 10.8. The lowest BCUT2D eigenvalue weighted by Crippen LogP contribution is -2.21. The Balaban J connectivity index is 2.08. The summed E-state index contributed by atoms with van der Waals surface area (Å²) in [6.45, 7) is 0. The minimum Gasteiger partial charge on any atom is -0.497 e. The molecule has 0 N–H and O–H groups in total. The second-order valence-corrected chi connectivity index (χ2v) is 6.39. The second kappa shape index (κ2) is 7.16. The molecule has 0 atom stereocenters. The predicted octanol–water partition coefficient (Wildman–Crippen LogP) is 4.69. The maximum absolute atomic E-state index is 13.5. The molecule has 0 amide bonds. The summed E-state index contributed by atoms with van der Waals surface area (Å²) in [7, 11) is 3.10. The zero-order chi connectivity index (χ0) is 19.7. The van der Waals surface area contributed by atoms with Crippen LogP contribution in [-0.4, -0.2) is 25.8 Å². The predicted molar refractivity (Wildman–Crippen MR) is 108 cm³/mol. The van der Waals surface area contributed by atoms with Crippen molar-refractivity contribution in [2.75, 3.05) is 14.2 Å². The van der Waals surface area contributed by atoms with Crippen LogP contribution in [0.1, 0.15) is 31.8 Å². The molecule has 138 valence electrons. The zero-order valence-electron chi connectivity index (χ0n) is 15.6. The fourth-order valence-corrected chi connectivity index (χ4v) is 3.52. The van der Waals surface area contributed by atoms with Gasteiger partial charge in [0.05, 0.1) is 14.2 Å². The van der Waals surface area contributed by atoms with Crippen molar-refractivity contribution < 1.29 is 19.1 Å². The quantitative estimate of drug-likeness (QED) is 0.668. The number of rotatable bonds is 4. The van der Waals surface area contributed by atoms with E-state index in [9.17, 15) is 9.59 Å². The van der Waals surface area contributed by atoms with Crippen molar-refractivity contribution >= 4 is 22.7 Å². The van der Waals surface area contributed by atoms with Gasteiger partial charge in [0.1, 0.15) is 11.5 Å². The molecule has 0 fully saturated rings. The third-order valence-corrected chi connectivity index (χ3v) is 4.86. The van der Waals surface area contributed by atoms with Gasteiger partial charge >= 0.3 is 0 Å². The molecule has 1 aliphatic rings. The molecule has 0 saturated carbocycles. The molecular weight excluding hydrogens is 352 g/mol. The Kier molecular flexibility index (Phi) is 4.53. The number of ether oxygens (including phenoxy) is 2. The van der Waals surface area contributed by atoms with Gasteiger partial charge in [0, 0.05) is 27.8 Å². The van der Waals surface area contributed by atoms with Gasteiger partial charge in [0.25, 0.3) is 0 Å². The van der Waals surface area contributed by atoms with Crippen molar-refractivity contribution in [3.8, 4) is 11.5 Å². The summed E-state index contributed by atoms with van der Waals surface area (Å²) in [6.07, 6.45) is 0. The maximum Gasteiger partial charge on any atom is 0.195 e. The van der Waals surface area contributed by atoms with Crippen LogP contribution in [-0.2, 0) is 0 Å². The summed E-state index contributed by atoms with van der Waals surface area (Å²) in [5, 5.41) is 0. The Morgan fingerprint density at radius 1 is 0.607 bits per heavy atom. The molecule has 0 spiro atoms. The first-order chi connectivity index (χ1) is 13.7. The Morgan fingerprint density at radius 2 is 1.21 bits per heavy atom. The largest absolute Gasteiger partial charge is 0.497 e. The zero-order valence-corrected chi connectivity index (χ0v) is 15.6. The highest BCUT2D eigenvalue weighted by Gasteiger charge is 2.34. The lowest BCUT2D eigenvalue weighted by atomic mass is 9.78. The standard InChI is InChI=1S/C24H18O4/c1-27-16-12-13-20(28-2)19(14-16)22-21(15-8-4-3-5-9-15)23(25)17-10-6-7-11-18(17)24(22)26/h3-14H,1-2H3. The molecule has 0 unspecified atom stereocenters. The van der Waals surface area contributed by atoms with Gasteiger partial charge in [-0.15, -0.1) is 0 Å². The van der Waals surface area contributed by atoms with Crippen LogP contribution >= 0.6 is 0 Å². The molecule has 0 aliphatic heterocycles. The number of hydrogen-bond donors (Lipinski definition) is 0. The van der Waals surface area contributed by atoms with E-state index in [1.807, 2.05) is 30.3 Å². The monoisotopic (exact) mass is 370 g/mol. The highest BCUT2D eigenvalue weighted by molar-refractivity contribution is 6.52. The highest BCUT2D eigenvalue weighted by Crippen LogP contribution is 2.41. The number of Topliss-reactive ketones (excluding diaryl/α,β-unsaturated/α-hetero) is 2.